The molecule has 1 aromatic heterocycles. The first-order chi connectivity index (χ1) is 9.31. The van der Waals surface area contributed by atoms with Crippen molar-refractivity contribution < 1.29 is 22.3 Å². The minimum Gasteiger partial charge on any atom is -0.369 e. The summed E-state index contributed by atoms with van der Waals surface area (Å²) in [6, 6.07) is 5.39. The Morgan fingerprint density at radius 2 is 1.90 bits per heavy atom. The van der Waals surface area contributed by atoms with Crippen LogP contribution in [-0.4, -0.2) is 30.0 Å². The third-order valence-corrected chi connectivity index (χ3v) is 2.42. The molecule has 0 fully saturated rings. The highest BCUT2D eigenvalue weighted by molar-refractivity contribution is 5.10. The molecular weight excluding hydrogens is 276 g/mol. The fraction of sp³-hybridized carbons (Fsp3) is 0.615. The number of halogens is 4. The molecule has 7 heteroatoms. The van der Waals surface area contributed by atoms with Crippen LogP contribution in [-0.2, 0) is 17.9 Å². The third-order valence-electron chi connectivity index (χ3n) is 2.42. The molecule has 0 amide bonds. The highest BCUT2D eigenvalue weighted by Crippen LogP contribution is 2.23. The zero-order valence-electron chi connectivity index (χ0n) is 11.4. The van der Waals surface area contributed by atoms with Crippen LogP contribution in [0.15, 0.2) is 18.2 Å². The number of hydrogen-bond acceptors (Lipinski definition) is 3. The Balaban J connectivity index is 2.46. The lowest BCUT2D eigenvalue weighted by Crippen LogP contribution is -2.32. The molecule has 0 aliphatic rings. The number of nitrogens with one attached hydrogen (secondary N) is 1. The van der Waals surface area contributed by atoms with E-state index in [2.05, 4.69) is 15.0 Å². The van der Waals surface area contributed by atoms with Crippen LogP contribution in [0.3, 0.4) is 0 Å². The van der Waals surface area contributed by atoms with Crippen molar-refractivity contribution in [3.8, 4) is 0 Å². The van der Waals surface area contributed by atoms with Gasteiger partial charge >= 0.3 is 12.3 Å². The summed E-state index contributed by atoms with van der Waals surface area (Å²) in [6.07, 6.45) is -3.72. The highest BCUT2D eigenvalue weighted by atomic mass is 19.3. The van der Waals surface area contributed by atoms with E-state index >= 15 is 0 Å². The van der Waals surface area contributed by atoms with E-state index in [9.17, 15) is 17.6 Å². The van der Waals surface area contributed by atoms with Gasteiger partial charge in [0.2, 0.25) is 0 Å². The van der Waals surface area contributed by atoms with E-state index in [0.717, 1.165) is 5.69 Å². The zero-order chi connectivity index (χ0) is 15.2. The molecule has 1 N–H and O–H groups in total. The molecule has 0 saturated carbocycles. The van der Waals surface area contributed by atoms with Crippen LogP contribution in [0.1, 0.15) is 25.2 Å². The number of alkyl halides is 4. The maximum atomic E-state index is 12.6. The second-order valence-electron chi connectivity index (χ2n) is 4.71. The van der Waals surface area contributed by atoms with Crippen molar-refractivity contribution >= 4 is 0 Å². The highest BCUT2D eigenvalue weighted by Gasteiger charge is 2.40. The lowest BCUT2D eigenvalue weighted by molar-refractivity contribution is -0.168. The van der Waals surface area contributed by atoms with Crippen molar-refractivity contribution in [1.29, 1.82) is 0 Å². The molecule has 0 atom stereocenters. The summed E-state index contributed by atoms with van der Waals surface area (Å²) in [5.74, 6) is -4.13. The van der Waals surface area contributed by atoms with Gasteiger partial charge in [-0.2, -0.15) is 8.78 Å². The third kappa shape index (κ3) is 5.83. The summed E-state index contributed by atoms with van der Waals surface area (Å²) >= 11 is 0. The van der Waals surface area contributed by atoms with Gasteiger partial charge in [0.1, 0.15) is 6.61 Å². The number of hydrogen-bond donors (Lipinski definition) is 1. The standard InChI is InChI=1S/C13H18F4N2O/c1-9(2)18-6-10-4-3-5-11(19-10)7-20-8-13(16,17)12(14)15/h3-5,9,12,18H,6-8H2,1-2H3. The molecule has 0 aliphatic carbocycles. The van der Waals surface area contributed by atoms with E-state index in [4.69, 9.17) is 0 Å². The van der Waals surface area contributed by atoms with Gasteiger partial charge in [0.05, 0.1) is 18.0 Å². The predicted octanol–water partition coefficient (Wildman–Crippen LogP) is 3.00. The fourth-order valence-electron chi connectivity index (χ4n) is 1.37. The van der Waals surface area contributed by atoms with Crippen LogP contribution in [0.4, 0.5) is 17.6 Å². The van der Waals surface area contributed by atoms with E-state index in [1.54, 1.807) is 18.2 Å². The van der Waals surface area contributed by atoms with Crippen LogP contribution in [0.5, 0.6) is 0 Å². The Kier molecular flexibility index (Phi) is 6.35. The Hall–Kier alpha value is -1.21. The zero-order valence-corrected chi connectivity index (χ0v) is 11.4. The first kappa shape index (κ1) is 16.8. The van der Waals surface area contributed by atoms with Crippen LogP contribution in [0.2, 0.25) is 0 Å². The first-order valence-electron chi connectivity index (χ1n) is 6.23. The molecule has 3 nitrogen and oxygen atoms in total. The molecule has 0 saturated heterocycles. The van der Waals surface area contributed by atoms with Gasteiger partial charge in [-0.25, -0.2) is 8.78 Å². The minimum absolute atomic E-state index is 0.224. The summed E-state index contributed by atoms with van der Waals surface area (Å²) in [7, 11) is 0. The van der Waals surface area contributed by atoms with E-state index in [0.29, 0.717) is 18.3 Å². The average molecular weight is 294 g/mol. The Bertz CT molecular complexity index is 413. The summed E-state index contributed by atoms with van der Waals surface area (Å²) in [5.41, 5.74) is 1.17. The number of aromatic nitrogens is 1. The van der Waals surface area contributed by atoms with Gasteiger partial charge in [0, 0.05) is 12.6 Å². The Morgan fingerprint density at radius 1 is 1.25 bits per heavy atom. The predicted molar refractivity (Wildman–Crippen MR) is 66.8 cm³/mol. The fourth-order valence-corrected chi connectivity index (χ4v) is 1.37. The molecule has 0 aliphatic heterocycles. The monoisotopic (exact) mass is 294 g/mol. The van der Waals surface area contributed by atoms with E-state index < -0.39 is 19.0 Å². The lowest BCUT2D eigenvalue weighted by atomic mass is 10.3. The van der Waals surface area contributed by atoms with Gasteiger partial charge in [0.25, 0.3) is 0 Å². The quantitative estimate of drug-likeness (QED) is 0.748. The van der Waals surface area contributed by atoms with E-state index in [1.807, 2.05) is 13.8 Å². The summed E-state index contributed by atoms with van der Waals surface area (Å²) in [4.78, 5) is 4.19. The van der Waals surface area contributed by atoms with Gasteiger partial charge in [-0.1, -0.05) is 19.9 Å². The van der Waals surface area contributed by atoms with Crippen molar-refractivity contribution in [2.75, 3.05) is 6.61 Å². The first-order valence-corrected chi connectivity index (χ1v) is 6.23. The normalized spacial score (nSPS) is 12.4. The van der Waals surface area contributed by atoms with Crippen molar-refractivity contribution in [2.24, 2.45) is 0 Å². The largest absolute Gasteiger partial charge is 0.369 e. The molecule has 1 rings (SSSR count). The van der Waals surface area contributed by atoms with Crippen molar-refractivity contribution in [1.82, 2.24) is 10.3 Å². The minimum atomic E-state index is -4.13. The van der Waals surface area contributed by atoms with E-state index in [-0.39, 0.29) is 6.61 Å². The molecule has 0 spiro atoms. The molecule has 0 radical (unpaired) electrons. The van der Waals surface area contributed by atoms with Crippen LogP contribution >= 0.6 is 0 Å². The maximum Gasteiger partial charge on any atom is 0.330 e. The second kappa shape index (κ2) is 7.54. The van der Waals surface area contributed by atoms with Crippen LogP contribution < -0.4 is 5.32 Å². The van der Waals surface area contributed by atoms with Crippen molar-refractivity contribution in [3.63, 3.8) is 0 Å². The molecule has 0 bridgehead atoms. The Morgan fingerprint density at radius 3 is 2.50 bits per heavy atom. The molecule has 20 heavy (non-hydrogen) atoms. The number of nitrogens with zero attached hydrogens (tertiary/aromatic N) is 1. The van der Waals surface area contributed by atoms with Gasteiger partial charge in [-0.15, -0.1) is 0 Å². The van der Waals surface area contributed by atoms with Crippen LogP contribution in [0.25, 0.3) is 0 Å². The second-order valence-corrected chi connectivity index (χ2v) is 4.71. The van der Waals surface area contributed by atoms with Gasteiger partial charge in [0.15, 0.2) is 0 Å². The topological polar surface area (TPSA) is 34.1 Å². The van der Waals surface area contributed by atoms with E-state index in [1.165, 1.54) is 0 Å². The molecule has 1 heterocycles. The SMILES string of the molecule is CC(C)NCc1cccc(COCC(F)(F)C(F)F)n1. The summed E-state index contributed by atoms with van der Waals surface area (Å²) < 4.78 is 53.7. The van der Waals surface area contributed by atoms with Gasteiger partial charge in [-0.05, 0) is 12.1 Å². The molecule has 1 aromatic rings. The number of pyridine rings is 1. The number of rotatable bonds is 8. The van der Waals surface area contributed by atoms with Crippen LogP contribution in [0, 0.1) is 0 Å². The average Bonchev–Trinajstić information content (AvgIpc) is 2.36. The molecule has 0 unspecified atom stereocenters. The van der Waals surface area contributed by atoms with Crippen molar-refractivity contribution in [2.45, 2.75) is 45.4 Å². The smallest absolute Gasteiger partial charge is 0.330 e. The summed E-state index contributed by atoms with van der Waals surface area (Å²) in [6.45, 7) is 2.97. The van der Waals surface area contributed by atoms with Gasteiger partial charge < -0.3 is 10.1 Å². The molecular formula is C13H18F4N2O. The van der Waals surface area contributed by atoms with Gasteiger partial charge in [-0.3, -0.25) is 4.98 Å². The number of ether oxygens (including phenoxy) is 1. The molecule has 0 aromatic carbocycles. The maximum absolute atomic E-state index is 12.6. The Labute approximate surface area is 115 Å². The molecule has 114 valence electrons. The van der Waals surface area contributed by atoms with Crippen molar-refractivity contribution in [3.05, 3.63) is 29.6 Å². The summed E-state index contributed by atoms with van der Waals surface area (Å²) in [5, 5.41) is 3.16. The lowest BCUT2D eigenvalue weighted by Gasteiger charge is -2.15.